The molecule has 4 nitrogen and oxygen atoms in total. The van der Waals surface area contributed by atoms with E-state index < -0.39 is 0 Å². The topological polar surface area (TPSA) is 76.0 Å². The number of benzene rings is 1. The highest BCUT2D eigenvalue weighted by Gasteiger charge is 2.21. The highest BCUT2D eigenvalue weighted by molar-refractivity contribution is 6.12. The van der Waals surface area contributed by atoms with Crippen LogP contribution in [0, 0.1) is 13.8 Å². The van der Waals surface area contributed by atoms with Crippen molar-refractivity contribution >= 4 is 17.4 Å². The van der Waals surface area contributed by atoms with Gasteiger partial charge in [0.15, 0.2) is 5.78 Å². The third kappa shape index (κ3) is 2.29. The van der Waals surface area contributed by atoms with E-state index in [9.17, 15) is 9.59 Å². The first-order chi connectivity index (χ1) is 8.91. The lowest BCUT2D eigenvalue weighted by Gasteiger charge is -2.01. The number of H-pyrrole nitrogens is 1. The Morgan fingerprint density at radius 3 is 2.16 bits per heavy atom. The first-order valence-corrected chi connectivity index (χ1v) is 6.02. The zero-order chi connectivity index (χ0) is 14.2. The summed E-state index contributed by atoms with van der Waals surface area (Å²) >= 11 is 0. The van der Waals surface area contributed by atoms with Gasteiger partial charge >= 0.3 is 0 Å². The van der Waals surface area contributed by atoms with E-state index in [0.29, 0.717) is 22.4 Å². The van der Waals surface area contributed by atoms with Crippen molar-refractivity contribution in [1.82, 2.24) is 4.98 Å². The zero-order valence-electron chi connectivity index (χ0n) is 11.2. The van der Waals surface area contributed by atoms with E-state index in [1.54, 1.807) is 19.1 Å². The lowest BCUT2D eigenvalue weighted by Crippen LogP contribution is -2.04. The van der Waals surface area contributed by atoms with Crippen molar-refractivity contribution < 1.29 is 9.59 Å². The lowest BCUT2D eigenvalue weighted by molar-refractivity contribution is 0.101. The van der Waals surface area contributed by atoms with E-state index in [4.69, 9.17) is 5.73 Å². The Labute approximate surface area is 111 Å². The van der Waals surface area contributed by atoms with E-state index in [1.165, 1.54) is 6.92 Å². The van der Waals surface area contributed by atoms with Gasteiger partial charge in [-0.25, -0.2) is 0 Å². The van der Waals surface area contributed by atoms with Crippen LogP contribution in [0.1, 0.15) is 44.5 Å². The third-order valence-corrected chi connectivity index (χ3v) is 3.17. The Hall–Kier alpha value is -2.36. The van der Waals surface area contributed by atoms with E-state index in [0.717, 1.165) is 5.56 Å². The molecular formula is C15H16N2O2. The summed E-state index contributed by atoms with van der Waals surface area (Å²) in [7, 11) is 0. The number of carbonyl (C=O) groups is 2. The van der Waals surface area contributed by atoms with E-state index in [-0.39, 0.29) is 17.4 Å². The summed E-state index contributed by atoms with van der Waals surface area (Å²) in [5, 5.41) is 0. The summed E-state index contributed by atoms with van der Waals surface area (Å²) in [6.45, 7) is 5.12. The second-order valence-electron chi connectivity index (χ2n) is 4.67. The summed E-state index contributed by atoms with van der Waals surface area (Å²) in [5.41, 5.74) is 8.80. The highest BCUT2D eigenvalue weighted by Crippen LogP contribution is 2.23. The molecule has 0 spiro atoms. The summed E-state index contributed by atoms with van der Waals surface area (Å²) in [4.78, 5) is 26.7. The number of carbonyl (C=O) groups excluding carboxylic acids is 2. The van der Waals surface area contributed by atoms with Crippen LogP contribution < -0.4 is 5.73 Å². The summed E-state index contributed by atoms with van der Waals surface area (Å²) < 4.78 is 0. The predicted octanol–water partition coefficient (Wildman–Crippen LogP) is 2.65. The maximum absolute atomic E-state index is 12.4. The first kappa shape index (κ1) is 13.1. The number of aromatic nitrogens is 1. The number of hydrogen-bond donors (Lipinski definition) is 2. The van der Waals surface area contributed by atoms with Crippen LogP contribution in [0.25, 0.3) is 0 Å². The Morgan fingerprint density at radius 1 is 1.11 bits per heavy atom. The molecule has 0 amide bonds. The molecule has 0 saturated carbocycles. The second-order valence-corrected chi connectivity index (χ2v) is 4.67. The molecular weight excluding hydrogens is 240 g/mol. The number of nitrogens with two attached hydrogens (primary N) is 1. The minimum atomic E-state index is -0.156. The van der Waals surface area contributed by atoms with E-state index in [1.807, 2.05) is 19.1 Å². The first-order valence-electron chi connectivity index (χ1n) is 6.02. The average Bonchev–Trinajstić information content (AvgIpc) is 2.65. The number of aryl methyl sites for hydroxylation is 1. The smallest absolute Gasteiger partial charge is 0.209 e. The molecule has 2 aromatic rings. The molecule has 1 aromatic heterocycles. The van der Waals surface area contributed by atoms with Crippen LogP contribution in [-0.2, 0) is 0 Å². The van der Waals surface area contributed by atoms with Crippen molar-refractivity contribution in [3.8, 4) is 0 Å². The van der Waals surface area contributed by atoms with Gasteiger partial charge in [-0.3, -0.25) is 9.59 Å². The minimum Gasteiger partial charge on any atom is -0.385 e. The third-order valence-electron chi connectivity index (χ3n) is 3.17. The van der Waals surface area contributed by atoms with E-state index >= 15 is 0 Å². The molecule has 0 fully saturated rings. The maximum atomic E-state index is 12.4. The van der Waals surface area contributed by atoms with Crippen molar-refractivity contribution in [2.75, 3.05) is 5.73 Å². The van der Waals surface area contributed by atoms with Gasteiger partial charge in [-0.2, -0.15) is 0 Å². The summed E-state index contributed by atoms with van der Waals surface area (Å²) in [5.74, 6) is -0.0497. The molecule has 2 rings (SSSR count). The standard InChI is InChI=1S/C15H16N2O2/c1-8-4-6-11(7-5-8)14(19)13-9(2)12(10(3)18)15(16)17-13/h4-7,17H,16H2,1-3H3. The number of hydrogen-bond acceptors (Lipinski definition) is 3. The van der Waals surface area contributed by atoms with Gasteiger partial charge in [0.25, 0.3) is 0 Å². The average molecular weight is 256 g/mol. The van der Waals surface area contributed by atoms with Crippen molar-refractivity contribution in [2.45, 2.75) is 20.8 Å². The van der Waals surface area contributed by atoms with Crippen molar-refractivity contribution in [3.05, 3.63) is 52.2 Å². The molecule has 0 unspecified atom stereocenters. The van der Waals surface area contributed by atoms with Gasteiger partial charge in [-0.05, 0) is 26.3 Å². The van der Waals surface area contributed by atoms with Crippen LogP contribution in [0.4, 0.5) is 5.82 Å². The lowest BCUT2D eigenvalue weighted by atomic mass is 10.0. The molecule has 0 saturated heterocycles. The fourth-order valence-electron chi connectivity index (χ4n) is 2.15. The molecule has 0 radical (unpaired) electrons. The second kappa shape index (κ2) is 4.72. The largest absolute Gasteiger partial charge is 0.385 e. The van der Waals surface area contributed by atoms with Crippen LogP contribution in [0.2, 0.25) is 0 Å². The van der Waals surface area contributed by atoms with Gasteiger partial charge in [-0.15, -0.1) is 0 Å². The molecule has 0 aliphatic heterocycles. The quantitative estimate of drug-likeness (QED) is 0.829. The van der Waals surface area contributed by atoms with Crippen LogP contribution in [0.3, 0.4) is 0 Å². The number of rotatable bonds is 3. The number of Topliss-reactive ketones (excluding diaryl/α,β-unsaturated/α-hetero) is 1. The predicted molar refractivity (Wildman–Crippen MR) is 74.6 cm³/mol. The van der Waals surface area contributed by atoms with Gasteiger partial charge in [0.2, 0.25) is 5.78 Å². The Kier molecular flexibility index (Phi) is 3.25. The number of nitrogen functional groups attached to an aromatic ring is 1. The Balaban J connectivity index is 2.48. The van der Waals surface area contributed by atoms with Crippen LogP contribution in [0.15, 0.2) is 24.3 Å². The molecule has 0 bridgehead atoms. The fourth-order valence-corrected chi connectivity index (χ4v) is 2.15. The Morgan fingerprint density at radius 2 is 1.68 bits per heavy atom. The molecule has 4 heteroatoms. The van der Waals surface area contributed by atoms with Crippen LogP contribution in [-0.4, -0.2) is 16.6 Å². The van der Waals surface area contributed by atoms with Crippen molar-refractivity contribution in [3.63, 3.8) is 0 Å². The van der Waals surface area contributed by atoms with Gasteiger partial charge in [0, 0.05) is 5.56 Å². The van der Waals surface area contributed by atoms with Gasteiger partial charge in [-0.1, -0.05) is 29.8 Å². The van der Waals surface area contributed by atoms with Gasteiger partial charge < -0.3 is 10.7 Å². The molecule has 0 aliphatic carbocycles. The van der Waals surface area contributed by atoms with Crippen LogP contribution in [0.5, 0.6) is 0 Å². The molecule has 0 atom stereocenters. The normalized spacial score (nSPS) is 10.5. The monoisotopic (exact) mass is 256 g/mol. The molecule has 1 aromatic carbocycles. The number of anilines is 1. The molecule has 1 heterocycles. The van der Waals surface area contributed by atoms with Crippen molar-refractivity contribution in [2.24, 2.45) is 0 Å². The summed E-state index contributed by atoms with van der Waals surface area (Å²) in [6.07, 6.45) is 0. The Bertz CT molecular complexity index is 652. The zero-order valence-corrected chi connectivity index (χ0v) is 11.2. The maximum Gasteiger partial charge on any atom is 0.209 e. The number of nitrogens with one attached hydrogen (secondary N) is 1. The molecule has 3 N–H and O–H groups in total. The molecule has 98 valence electrons. The van der Waals surface area contributed by atoms with Crippen LogP contribution >= 0.6 is 0 Å². The van der Waals surface area contributed by atoms with Gasteiger partial charge in [0.05, 0.1) is 11.3 Å². The number of ketones is 2. The minimum absolute atomic E-state index is 0.144. The highest BCUT2D eigenvalue weighted by atomic mass is 16.1. The summed E-state index contributed by atoms with van der Waals surface area (Å²) in [6, 6.07) is 7.28. The van der Waals surface area contributed by atoms with Gasteiger partial charge in [0.1, 0.15) is 5.82 Å². The number of aromatic amines is 1. The molecule has 0 aliphatic rings. The SMILES string of the molecule is CC(=O)c1c(N)[nH]c(C(=O)c2ccc(C)cc2)c1C. The van der Waals surface area contributed by atoms with Crippen molar-refractivity contribution in [1.29, 1.82) is 0 Å². The van der Waals surface area contributed by atoms with E-state index in [2.05, 4.69) is 4.98 Å². The molecule has 19 heavy (non-hydrogen) atoms. The fraction of sp³-hybridized carbons (Fsp3) is 0.200.